The van der Waals surface area contributed by atoms with Gasteiger partial charge < -0.3 is 14.8 Å². The van der Waals surface area contributed by atoms with Crippen LogP contribution in [0.15, 0.2) is 10.6 Å². The summed E-state index contributed by atoms with van der Waals surface area (Å²) in [6, 6.07) is 0.522. The van der Waals surface area contributed by atoms with Gasteiger partial charge in [0.15, 0.2) is 0 Å². The van der Waals surface area contributed by atoms with Gasteiger partial charge in [-0.15, -0.1) is 0 Å². The lowest BCUT2D eigenvalue weighted by molar-refractivity contribution is 0.0660. The molecular formula is C11H16N2O3. The van der Waals surface area contributed by atoms with Gasteiger partial charge >= 0.3 is 5.97 Å². The summed E-state index contributed by atoms with van der Waals surface area (Å²) in [5.41, 5.74) is 0. The van der Waals surface area contributed by atoms with Crippen LogP contribution in [-0.2, 0) is 6.54 Å². The minimum absolute atomic E-state index is 0.0968. The van der Waals surface area contributed by atoms with Crippen molar-refractivity contribution in [3.63, 3.8) is 0 Å². The molecule has 0 saturated heterocycles. The second-order valence-electron chi connectivity index (χ2n) is 4.14. The lowest BCUT2D eigenvalue weighted by Gasteiger charge is -2.21. The lowest BCUT2D eigenvalue weighted by Crippen LogP contribution is -2.30. The first-order valence-corrected chi connectivity index (χ1v) is 5.67. The number of carboxylic acids is 1. The molecular weight excluding hydrogens is 208 g/mol. The Morgan fingerprint density at radius 3 is 2.88 bits per heavy atom. The summed E-state index contributed by atoms with van der Waals surface area (Å²) in [6.45, 7) is 0.512. The predicted molar refractivity (Wildman–Crippen MR) is 57.2 cm³/mol. The van der Waals surface area contributed by atoms with Gasteiger partial charge in [0.25, 0.3) is 0 Å². The van der Waals surface area contributed by atoms with Crippen molar-refractivity contribution in [1.29, 1.82) is 0 Å². The Balaban J connectivity index is 1.81. The van der Waals surface area contributed by atoms with Crippen LogP contribution in [0.5, 0.6) is 0 Å². The van der Waals surface area contributed by atoms with E-state index in [9.17, 15) is 4.79 Å². The number of rotatable bonds is 4. The molecule has 1 aromatic heterocycles. The standard InChI is InChI=1S/C11H16N2O3/c14-11(15)9-6-13-10(16-9)7-12-8-4-2-1-3-5-8/h6,8,12H,1-5,7H2,(H,14,15). The van der Waals surface area contributed by atoms with E-state index in [-0.39, 0.29) is 5.76 Å². The van der Waals surface area contributed by atoms with Crippen LogP contribution in [-0.4, -0.2) is 22.1 Å². The summed E-state index contributed by atoms with van der Waals surface area (Å²) in [5.74, 6) is -0.722. The van der Waals surface area contributed by atoms with Gasteiger partial charge in [0.2, 0.25) is 11.7 Å². The number of nitrogens with zero attached hydrogens (tertiary/aromatic N) is 1. The summed E-state index contributed by atoms with van der Waals surface area (Å²) in [7, 11) is 0. The smallest absolute Gasteiger partial charge is 0.373 e. The summed E-state index contributed by atoms with van der Waals surface area (Å²) < 4.78 is 5.06. The maximum atomic E-state index is 10.6. The van der Waals surface area contributed by atoms with Crippen LogP contribution in [0.4, 0.5) is 0 Å². The Morgan fingerprint density at radius 2 is 2.25 bits per heavy atom. The SMILES string of the molecule is O=C(O)c1cnc(CNC2CCCCC2)o1. The number of carbonyl (C=O) groups is 1. The summed E-state index contributed by atoms with van der Waals surface area (Å²) in [4.78, 5) is 14.5. The Morgan fingerprint density at radius 1 is 1.50 bits per heavy atom. The van der Waals surface area contributed by atoms with Crippen LogP contribution < -0.4 is 5.32 Å². The largest absolute Gasteiger partial charge is 0.475 e. The molecule has 1 saturated carbocycles. The van der Waals surface area contributed by atoms with E-state index in [4.69, 9.17) is 9.52 Å². The van der Waals surface area contributed by atoms with E-state index in [0.29, 0.717) is 18.5 Å². The number of hydrogen-bond donors (Lipinski definition) is 2. The molecule has 0 aliphatic heterocycles. The van der Waals surface area contributed by atoms with Crippen molar-refractivity contribution in [2.75, 3.05) is 0 Å². The van der Waals surface area contributed by atoms with Crippen molar-refractivity contribution >= 4 is 5.97 Å². The van der Waals surface area contributed by atoms with Crippen molar-refractivity contribution in [3.8, 4) is 0 Å². The number of carboxylic acid groups (broad SMARTS) is 1. The molecule has 5 nitrogen and oxygen atoms in total. The third kappa shape index (κ3) is 2.82. The molecule has 0 spiro atoms. The van der Waals surface area contributed by atoms with E-state index in [1.807, 2.05) is 0 Å². The first kappa shape index (κ1) is 11.1. The van der Waals surface area contributed by atoms with Crippen molar-refractivity contribution in [2.45, 2.75) is 44.7 Å². The van der Waals surface area contributed by atoms with Gasteiger partial charge in [-0.2, -0.15) is 0 Å². The molecule has 0 amide bonds. The molecule has 1 heterocycles. The number of aromatic carboxylic acids is 1. The first-order chi connectivity index (χ1) is 7.75. The van der Waals surface area contributed by atoms with Crippen LogP contribution in [0.1, 0.15) is 48.5 Å². The average Bonchev–Trinajstić information content (AvgIpc) is 2.76. The Bertz CT molecular complexity index is 356. The van der Waals surface area contributed by atoms with Gasteiger partial charge in [-0.3, -0.25) is 0 Å². The van der Waals surface area contributed by atoms with E-state index < -0.39 is 5.97 Å². The number of aromatic nitrogens is 1. The van der Waals surface area contributed by atoms with Gasteiger partial charge in [0.05, 0.1) is 12.7 Å². The van der Waals surface area contributed by atoms with Crippen molar-refractivity contribution < 1.29 is 14.3 Å². The zero-order chi connectivity index (χ0) is 11.4. The summed E-state index contributed by atoms with van der Waals surface area (Å²) >= 11 is 0. The minimum atomic E-state index is -1.07. The van der Waals surface area contributed by atoms with Crippen LogP contribution in [0.2, 0.25) is 0 Å². The summed E-state index contributed by atoms with van der Waals surface area (Å²) in [6.07, 6.45) is 7.48. The monoisotopic (exact) mass is 224 g/mol. The van der Waals surface area contributed by atoms with Crippen molar-refractivity contribution in [1.82, 2.24) is 10.3 Å². The quantitative estimate of drug-likeness (QED) is 0.815. The molecule has 1 aromatic rings. The molecule has 0 bridgehead atoms. The highest BCUT2D eigenvalue weighted by Crippen LogP contribution is 2.17. The fraction of sp³-hybridized carbons (Fsp3) is 0.636. The minimum Gasteiger partial charge on any atom is -0.475 e. The van der Waals surface area contributed by atoms with Crippen molar-refractivity contribution in [2.24, 2.45) is 0 Å². The highest BCUT2D eigenvalue weighted by molar-refractivity contribution is 5.83. The van der Waals surface area contributed by atoms with Gasteiger partial charge in [0.1, 0.15) is 0 Å². The zero-order valence-electron chi connectivity index (χ0n) is 9.11. The van der Waals surface area contributed by atoms with Gasteiger partial charge in [-0.05, 0) is 12.8 Å². The van der Waals surface area contributed by atoms with E-state index in [0.717, 1.165) is 0 Å². The molecule has 1 aliphatic rings. The molecule has 0 unspecified atom stereocenters. The van der Waals surface area contributed by atoms with E-state index >= 15 is 0 Å². The Hall–Kier alpha value is -1.36. The molecule has 1 fully saturated rings. The highest BCUT2D eigenvalue weighted by Gasteiger charge is 2.15. The Labute approximate surface area is 93.9 Å². The first-order valence-electron chi connectivity index (χ1n) is 5.67. The van der Waals surface area contributed by atoms with E-state index in [1.54, 1.807) is 0 Å². The fourth-order valence-electron chi connectivity index (χ4n) is 2.03. The normalized spacial score (nSPS) is 17.5. The third-order valence-electron chi connectivity index (χ3n) is 2.91. The number of oxazole rings is 1. The fourth-order valence-corrected chi connectivity index (χ4v) is 2.03. The van der Waals surface area contributed by atoms with Crippen molar-refractivity contribution in [3.05, 3.63) is 17.8 Å². The lowest BCUT2D eigenvalue weighted by atomic mass is 9.95. The van der Waals surface area contributed by atoms with Crippen LogP contribution in [0, 0.1) is 0 Å². The average molecular weight is 224 g/mol. The molecule has 0 radical (unpaired) electrons. The molecule has 16 heavy (non-hydrogen) atoms. The molecule has 88 valence electrons. The third-order valence-corrected chi connectivity index (χ3v) is 2.91. The molecule has 2 N–H and O–H groups in total. The second-order valence-corrected chi connectivity index (χ2v) is 4.14. The topological polar surface area (TPSA) is 75.4 Å². The Kier molecular flexibility index (Phi) is 3.56. The van der Waals surface area contributed by atoms with Crippen LogP contribution in [0.3, 0.4) is 0 Å². The number of hydrogen-bond acceptors (Lipinski definition) is 4. The maximum Gasteiger partial charge on any atom is 0.373 e. The highest BCUT2D eigenvalue weighted by atomic mass is 16.4. The van der Waals surface area contributed by atoms with Crippen LogP contribution in [0.25, 0.3) is 0 Å². The van der Waals surface area contributed by atoms with Crippen LogP contribution >= 0.6 is 0 Å². The number of nitrogens with one attached hydrogen (secondary N) is 1. The second kappa shape index (κ2) is 5.12. The molecule has 1 aliphatic carbocycles. The predicted octanol–water partition coefficient (Wildman–Crippen LogP) is 1.80. The molecule has 0 atom stereocenters. The molecule has 2 rings (SSSR count). The molecule has 0 aromatic carbocycles. The van der Waals surface area contributed by atoms with Gasteiger partial charge in [-0.25, -0.2) is 9.78 Å². The summed E-state index contributed by atoms with van der Waals surface area (Å²) in [5, 5.41) is 12.0. The van der Waals surface area contributed by atoms with Gasteiger partial charge in [-0.1, -0.05) is 19.3 Å². The van der Waals surface area contributed by atoms with E-state index in [1.165, 1.54) is 38.3 Å². The molecule has 5 heteroatoms. The van der Waals surface area contributed by atoms with Gasteiger partial charge in [0, 0.05) is 6.04 Å². The zero-order valence-corrected chi connectivity index (χ0v) is 9.11. The van der Waals surface area contributed by atoms with E-state index in [2.05, 4.69) is 10.3 Å². The maximum absolute atomic E-state index is 10.6.